The molecule has 7 nitrogen and oxygen atoms in total. The standard InChI is InChI=1S/C20H24F2N4O3S/c1-2-7-23-20(27)14-5-8-26(9-6-14)19-4-3-18(13-24-19)30(28,29)25-17-11-15(21)10-16(22)12-17/h3-4,10-14,25H,2,5-9H2,1H3,(H,23,27). The second-order valence-corrected chi connectivity index (χ2v) is 8.85. The molecule has 1 amide bonds. The van der Waals surface area contributed by atoms with Crippen LogP contribution < -0.4 is 14.9 Å². The van der Waals surface area contributed by atoms with Crippen molar-refractivity contribution in [2.24, 2.45) is 5.92 Å². The maximum atomic E-state index is 13.3. The smallest absolute Gasteiger partial charge is 0.263 e. The first-order valence-corrected chi connectivity index (χ1v) is 11.2. The fraction of sp³-hybridized carbons (Fsp3) is 0.400. The van der Waals surface area contributed by atoms with E-state index in [0.717, 1.165) is 18.6 Å². The molecule has 3 rings (SSSR count). The second kappa shape index (κ2) is 9.38. The molecule has 1 saturated heterocycles. The van der Waals surface area contributed by atoms with Crippen LogP contribution in [0.25, 0.3) is 0 Å². The molecule has 0 unspecified atom stereocenters. The van der Waals surface area contributed by atoms with Gasteiger partial charge in [0.1, 0.15) is 22.3 Å². The third-order valence-electron chi connectivity index (χ3n) is 4.88. The van der Waals surface area contributed by atoms with Gasteiger partial charge in [0.2, 0.25) is 5.91 Å². The Bertz CT molecular complexity index is 971. The minimum absolute atomic E-state index is 0.0247. The van der Waals surface area contributed by atoms with E-state index in [0.29, 0.717) is 44.4 Å². The summed E-state index contributed by atoms with van der Waals surface area (Å²) in [6.07, 6.45) is 3.49. The molecule has 10 heteroatoms. The summed E-state index contributed by atoms with van der Waals surface area (Å²) in [6, 6.07) is 5.41. The Morgan fingerprint density at radius 3 is 2.40 bits per heavy atom. The number of carbonyl (C=O) groups excluding carboxylic acids is 1. The van der Waals surface area contributed by atoms with Crippen LogP contribution >= 0.6 is 0 Å². The van der Waals surface area contributed by atoms with Gasteiger partial charge in [0.05, 0.1) is 5.69 Å². The molecular weight excluding hydrogens is 414 g/mol. The van der Waals surface area contributed by atoms with Gasteiger partial charge in [0.25, 0.3) is 10.0 Å². The van der Waals surface area contributed by atoms with E-state index in [-0.39, 0.29) is 22.4 Å². The Morgan fingerprint density at radius 2 is 1.83 bits per heavy atom. The molecule has 0 bridgehead atoms. The second-order valence-electron chi connectivity index (χ2n) is 7.17. The van der Waals surface area contributed by atoms with E-state index in [1.807, 2.05) is 11.8 Å². The summed E-state index contributed by atoms with van der Waals surface area (Å²) in [5.41, 5.74) is -0.208. The lowest BCUT2D eigenvalue weighted by Gasteiger charge is -2.32. The van der Waals surface area contributed by atoms with Crippen LogP contribution in [0, 0.1) is 17.6 Å². The van der Waals surface area contributed by atoms with Gasteiger partial charge in [-0.2, -0.15) is 0 Å². The Morgan fingerprint density at radius 1 is 1.17 bits per heavy atom. The molecule has 0 atom stereocenters. The molecule has 1 aromatic carbocycles. The van der Waals surface area contributed by atoms with E-state index in [4.69, 9.17) is 0 Å². The number of carbonyl (C=O) groups is 1. The summed E-state index contributed by atoms with van der Waals surface area (Å²) in [4.78, 5) is 18.2. The number of benzene rings is 1. The van der Waals surface area contributed by atoms with Gasteiger partial charge in [0.15, 0.2) is 0 Å². The minimum atomic E-state index is -4.04. The number of sulfonamides is 1. The third kappa shape index (κ3) is 5.44. The zero-order valence-corrected chi connectivity index (χ0v) is 17.4. The Hall–Kier alpha value is -2.75. The van der Waals surface area contributed by atoms with Gasteiger partial charge in [-0.25, -0.2) is 22.2 Å². The average Bonchev–Trinajstić information content (AvgIpc) is 2.71. The maximum absolute atomic E-state index is 13.3. The normalized spacial score (nSPS) is 15.1. The number of hydrogen-bond donors (Lipinski definition) is 2. The number of aromatic nitrogens is 1. The van der Waals surface area contributed by atoms with Crippen LogP contribution in [-0.2, 0) is 14.8 Å². The predicted octanol–water partition coefficient (Wildman–Crippen LogP) is 2.90. The summed E-state index contributed by atoms with van der Waals surface area (Å²) >= 11 is 0. The molecule has 0 spiro atoms. The van der Waals surface area contributed by atoms with Crippen molar-refractivity contribution in [3.63, 3.8) is 0 Å². The van der Waals surface area contributed by atoms with Crippen molar-refractivity contribution in [1.29, 1.82) is 0 Å². The van der Waals surface area contributed by atoms with Gasteiger partial charge in [-0.3, -0.25) is 9.52 Å². The SMILES string of the molecule is CCCNC(=O)C1CCN(c2ccc(S(=O)(=O)Nc3cc(F)cc(F)c3)cn2)CC1. The maximum Gasteiger partial charge on any atom is 0.263 e. The molecule has 162 valence electrons. The summed E-state index contributed by atoms with van der Waals surface area (Å²) in [5, 5.41) is 2.91. The molecule has 2 aromatic rings. The number of pyridine rings is 1. The number of halogens is 2. The number of rotatable bonds is 7. The fourth-order valence-corrected chi connectivity index (χ4v) is 4.29. The topological polar surface area (TPSA) is 91.4 Å². The number of piperidine rings is 1. The first kappa shape index (κ1) is 21.9. The van der Waals surface area contributed by atoms with Crippen LogP contribution in [0.15, 0.2) is 41.4 Å². The van der Waals surface area contributed by atoms with Gasteiger partial charge in [0, 0.05) is 37.8 Å². The quantitative estimate of drug-likeness (QED) is 0.694. The monoisotopic (exact) mass is 438 g/mol. The average molecular weight is 439 g/mol. The molecule has 2 heterocycles. The van der Waals surface area contributed by atoms with E-state index >= 15 is 0 Å². The molecule has 1 fully saturated rings. The number of hydrogen-bond acceptors (Lipinski definition) is 5. The van der Waals surface area contributed by atoms with Gasteiger partial charge >= 0.3 is 0 Å². The molecular formula is C20H24F2N4O3S. The lowest BCUT2D eigenvalue weighted by atomic mass is 9.96. The highest BCUT2D eigenvalue weighted by Gasteiger charge is 2.25. The van der Waals surface area contributed by atoms with E-state index < -0.39 is 21.7 Å². The van der Waals surface area contributed by atoms with Crippen LogP contribution in [0.4, 0.5) is 20.3 Å². The molecule has 1 aromatic heterocycles. The highest BCUT2D eigenvalue weighted by Crippen LogP contribution is 2.24. The predicted molar refractivity (Wildman–Crippen MR) is 110 cm³/mol. The molecule has 1 aliphatic heterocycles. The number of nitrogens with one attached hydrogen (secondary N) is 2. The summed E-state index contributed by atoms with van der Waals surface area (Å²) in [7, 11) is -4.04. The van der Waals surface area contributed by atoms with Gasteiger partial charge in [-0.05, 0) is 43.5 Å². The Kier molecular flexibility index (Phi) is 6.86. The largest absolute Gasteiger partial charge is 0.357 e. The highest BCUT2D eigenvalue weighted by atomic mass is 32.2. The van der Waals surface area contributed by atoms with Crippen molar-refractivity contribution in [1.82, 2.24) is 10.3 Å². The molecule has 0 aliphatic carbocycles. The van der Waals surface area contributed by atoms with E-state index in [2.05, 4.69) is 15.0 Å². The zero-order valence-electron chi connectivity index (χ0n) is 16.6. The summed E-state index contributed by atoms with van der Waals surface area (Å²) < 4.78 is 53.6. The van der Waals surface area contributed by atoms with Crippen molar-refractivity contribution in [3.05, 3.63) is 48.2 Å². The third-order valence-corrected chi connectivity index (χ3v) is 6.25. The molecule has 1 aliphatic rings. The molecule has 2 N–H and O–H groups in total. The van der Waals surface area contributed by atoms with Gasteiger partial charge in [-0.1, -0.05) is 6.92 Å². The Labute approximate surface area is 174 Å². The number of anilines is 2. The highest BCUT2D eigenvalue weighted by molar-refractivity contribution is 7.92. The van der Waals surface area contributed by atoms with E-state index in [1.54, 1.807) is 6.07 Å². The van der Waals surface area contributed by atoms with E-state index in [9.17, 15) is 22.0 Å². The van der Waals surface area contributed by atoms with Crippen LogP contribution in [0.3, 0.4) is 0 Å². The molecule has 0 saturated carbocycles. The Balaban J connectivity index is 1.63. The van der Waals surface area contributed by atoms with Crippen LogP contribution in [0.5, 0.6) is 0 Å². The van der Waals surface area contributed by atoms with Gasteiger partial charge in [-0.15, -0.1) is 0 Å². The molecule has 0 radical (unpaired) electrons. The fourth-order valence-electron chi connectivity index (χ4n) is 3.31. The lowest BCUT2D eigenvalue weighted by Crippen LogP contribution is -2.41. The van der Waals surface area contributed by atoms with Crippen LogP contribution in [-0.4, -0.2) is 38.9 Å². The van der Waals surface area contributed by atoms with Crippen molar-refractivity contribution in [2.75, 3.05) is 29.3 Å². The van der Waals surface area contributed by atoms with Gasteiger partial charge < -0.3 is 10.2 Å². The van der Waals surface area contributed by atoms with E-state index in [1.165, 1.54) is 12.3 Å². The number of nitrogens with zero attached hydrogens (tertiary/aromatic N) is 2. The van der Waals surface area contributed by atoms with Crippen molar-refractivity contribution in [3.8, 4) is 0 Å². The lowest BCUT2D eigenvalue weighted by molar-refractivity contribution is -0.125. The zero-order chi connectivity index (χ0) is 21.7. The van der Waals surface area contributed by atoms with Crippen LogP contribution in [0.2, 0.25) is 0 Å². The summed E-state index contributed by atoms with van der Waals surface area (Å²) in [5.74, 6) is -1.10. The van der Waals surface area contributed by atoms with Crippen LogP contribution in [0.1, 0.15) is 26.2 Å². The van der Waals surface area contributed by atoms with Crippen molar-refractivity contribution >= 4 is 27.4 Å². The molecule has 30 heavy (non-hydrogen) atoms. The minimum Gasteiger partial charge on any atom is -0.357 e. The van der Waals surface area contributed by atoms with Crippen molar-refractivity contribution in [2.45, 2.75) is 31.1 Å². The van der Waals surface area contributed by atoms with Crippen molar-refractivity contribution < 1.29 is 22.0 Å². The first-order valence-electron chi connectivity index (χ1n) is 9.76. The summed E-state index contributed by atoms with van der Waals surface area (Å²) in [6.45, 7) is 3.96. The first-order chi connectivity index (χ1) is 14.3. The number of amides is 1.